The summed E-state index contributed by atoms with van der Waals surface area (Å²) in [5, 5.41) is 15.1. The van der Waals surface area contributed by atoms with E-state index in [9.17, 15) is 9.18 Å². The SMILES string of the molecule is CC(C)Cc1ncc2c(n1)CN(C(=O)N[C@H](CNCCO)c1ccc(F)c(Cl)c1)CC2. The molecule has 1 atom stereocenters. The summed E-state index contributed by atoms with van der Waals surface area (Å²) in [6.45, 7) is 5.95. The molecule has 0 saturated heterocycles. The molecule has 1 aromatic carbocycles. The van der Waals surface area contributed by atoms with Gasteiger partial charge >= 0.3 is 6.03 Å². The van der Waals surface area contributed by atoms with Gasteiger partial charge in [0.2, 0.25) is 0 Å². The van der Waals surface area contributed by atoms with Crippen LogP contribution in [0.25, 0.3) is 0 Å². The van der Waals surface area contributed by atoms with E-state index < -0.39 is 11.9 Å². The number of hydrogen-bond acceptors (Lipinski definition) is 5. The molecule has 2 aromatic rings. The summed E-state index contributed by atoms with van der Waals surface area (Å²) in [5.41, 5.74) is 2.64. The van der Waals surface area contributed by atoms with Crippen LogP contribution in [0.4, 0.5) is 9.18 Å². The number of halogens is 2. The van der Waals surface area contributed by atoms with Crippen molar-refractivity contribution in [3.8, 4) is 0 Å². The number of urea groups is 1. The van der Waals surface area contributed by atoms with Gasteiger partial charge in [0, 0.05) is 32.3 Å². The highest BCUT2D eigenvalue weighted by Crippen LogP contribution is 2.22. The smallest absolute Gasteiger partial charge is 0.318 e. The van der Waals surface area contributed by atoms with E-state index in [-0.39, 0.29) is 17.7 Å². The molecule has 1 aromatic heterocycles. The molecule has 0 bridgehead atoms. The van der Waals surface area contributed by atoms with Crippen LogP contribution in [0.3, 0.4) is 0 Å². The first kappa shape index (κ1) is 23.4. The minimum absolute atomic E-state index is 0.000175. The van der Waals surface area contributed by atoms with Gasteiger partial charge in [-0.05, 0) is 35.6 Å². The zero-order valence-electron chi connectivity index (χ0n) is 17.9. The monoisotopic (exact) mass is 449 g/mol. The van der Waals surface area contributed by atoms with E-state index in [2.05, 4.69) is 34.4 Å². The van der Waals surface area contributed by atoms with Gasteiger partial charge in [0.25, 0.3) is 0 Å². The molecule has 0 aliphatic carbocycles. The van der Waals surface area contributed by atoms with E-state index in [0.29, 0.717) is 44.1 Å². The van der Waals surface area contributed by atoms with Gasteiger partial charge in [-0.2, -0.15) is 0 Å². The number of amides is 2. The number of benzene rings is 1. The summed E-state index contributed by atoms with van der Waals surface area (Å²) < 4.78 is 13.6. The first-order valence-corrected chi connectivity index (χ1v) is 10.9. The molecule has 7 nitrogen and oxygen atoms in total. The lowest BCUT2D eigenvalue weighted by Crippen LogP contribution is -2.46. The predicted octanol–water partition coefficient (Wildman–Crippen LogP) is 2.86. The Bertz CT molecular complexity index is 911. The normalized spacial score (nSPS) is 14.5. The van der Waals surface area contributed by atoms with Crippen molar-refractivity contribution in [2.45, 2.75) is 39.3 Å². The second-order valence-electron chi connectivity index (χ2n) is 8.13. The third kappa shape index (κ3) is 6.35. The summed E-state index contributed by atoms with van der Waals surface area (Å²) in [7, 11) is 0. The summed E-state index contributed by atoms with van der Waals surface area (Å²) in [6.07, 6.45) is 3.36. The topological polar surface area (TPSA) is 90.4 Å². The number of nitrogens with zero attached hydrogens (tertiary/aromatic N) is 3. The molecular weight excluding hydrogens is 421 g/mol. The van der Waals surface area contributed by atoms with Gasteiger partial charge in [0.15, 0.2) is 0 Å². The van der Waals surface area contributed by atoms with Crippen LogP contribution in [0, 0.1) is 11.7 Å². The van der Waals surface area contributed by atoms with Crippen LogP contribution < -0.4 is 10.6 Å². The molecule has 9 heteroatoms. The number of carbonyl (C=O) groups excluding carboxylic acids is 1. The maximum Gasteiger partial charge on any atom is 0.318 e. The van der Waals surface area contributed by atoms with Crippen molar-refractivity contribution >= 4 is 17.6 Å². The molecular formula is C22H29ClFN5O2. The molecule has 0 spiro atoms. The lowest BCUT2D eigenvalue weighted by Gasteiger charge is -2.30. The maximum atomic E-state index is 13.6. The van der Waals surface area contributed by atoms with E-state index in [4.69, 9.17) is 16.7 Å². The van der Waals surface area contributed by atoms with E-state index in [1.165, 1.54) is 12.1 Å². The van der Waals surface area contributed by atoms with Gasteiger partial charge in [-0.15, -0.1) is 0 Å². The molecule has 1 aliphatic heterocycles. The first-order valence-electron chi connectivity index (χ1n) is 10.5. The fourth-order valence-electron chi connectivity index (χ4n) is 3.53. The lowest BCUT2D eigenvalue weighted by atomic mass is 10.1. The molecule has 0 unspecified atom stereocenters. The van der Waals surface area contributed by atoms with E-state index >= 15 is 0 Å². The molecule has 0 saturated carbocycles. The Hall–Kier alpha value is -2.29. The quantitative estimate of drug-likeness (QED) is 0.539. The van der Waals surface area contributed by atoms with Crippen molar-refractivity contribution in [3.05, 3.63) is 57.9 Å². The van der Waals surface area contributed by atoms with Gasteiger partial charge in [0.05, 0.1) is 29.9 Å². The number of carbonyl (C=O) groups is 1. The van der Waals surface area contributed by atoms with Crippen LogP contribution in [-0.2, 0) is 19.4 Å². The number of nitrogens with one attached hydrogen (secondary N) is 2. The van der Waals surface area contributed by atoms with Crippen LogP contribution in [0.15, 0.2) is 24.4 Å². The minimum atomic E-state index is -0.511. The summed E-state index contributed by atoms with van der Waals surface area (Å²) in [4.78, 5) is 23.9. The average molecular weight is 450 g/mol. The predicted molar refractivity (Wildman–Crippen MR) is 117 cm³/mol. The Balaban J connectivity index is 1.71. The zero-order valence-corrected chi connectivity index (χ0v) is 18.6. The second kappa shape index (κ2) is 10.8. The van der Waals surface area contributed by atoms with Crippen molar-refractivity contribution in [1.82, 2.24) is 25.5 Å². The Morgan fingerprint density at radius 3 is 2.90 bits per heavy atom. The number of hydrogen-bond donors (Lipinski definition) is 3. The largest absolute Gasteiger partial charge is 0.395 e. The van der Waals surface area contributed by atoms with Crippen LogP contribution in [0.2, 0.25) is 5.02 Å². The first-order chi connectivity index (χ1) is 14.9. The number of fused-ring (bicyclic) bond motifs is 1. The van der Waals surface area contributed by atoms with Gasteiger partial charge < -0.3 is 20.6 Å². The maximum absolute atomic E-state index is 13.6. The highest BCUT2D eigenvalue weighted by atomic mass is 35.5. The minimum Gasteiger partial charge on any atom is -0.395 e. The summed E-state index contributed by atoms with van der Waals surface area (Å²) in [5.74, 6) is 0.738. The van der Waals surface area contributed by atoms with Crippen molar-refractivity contribution < 1.29 is 14.3 Å². The standard InChI is InChI=1S/C22H29ClFN5O2/c1-14(2)9-21-26-11-16-5-7-29(13-20(16)27-21)22(31)28-19(12-25-6-8-30)15-3-4-18(24)17(23)10-15/h3-4,10-11,14,19,25,30H,5-9,12-13H2,1-2H3,(H,28,31)/t19-/m1/s1. The Morgan fingerprint density at radius 2 is 2.19 bits per heavy atom. The molecule has 0 radical (unpaired) electrons. The third-order valence-electron chi connectivity index (χ3n) is 5.15. The lowest BCUT2D eigenvalue weighted by molar-refractivity contribution is 0.186. The number of aliphatic hydroxyl groups excluding tert-OH is 1. The van der Waals surface area contributed by atoms with Gasteiger partial charge in [-0.1, -0.05) is 31.5 Å². The molecule has 2 heterocycles. The number of rotatable bonds is 8. The summed E-state index contributed by atoms with van der Waals surface area (Å²) >= 11 is 5.94. The number of aliphatic hydroxyl groups is 1. The summed E-state index contributed by atoms with van der Waals surface area (Å²) in [6, 6.07) is 3.74. The van der Waals surface area contributed by atoms with Crippen LogP contribution in [0.5, 0.6) is 0 Å². The van der Waals surface area contributed by atoms with Crippen molar-refractivity contribution in [1.29, 1.82) is 0 Å². The van der Waals surface area contributed by atoms with E-state index in [0.717, 1.165) is 23.5 Å². The van der Waals surface area contributed by atoms with Crippen LogP contribution in [-0.4, -0.2) is 52.2 Å². The molecule has 2 amide bonds. The third-order valence-corrected chi connectivity index (χ3v) is 5.44. The van der Waals surface area contributed by atoms with Gasteiger partial charge in [-0.3, -0.25) is 0 Å². The number of aromatic nitrogens is 2. The average Bonchev–Trinajstić information content (AvgIpc) is 2.74. The Kier molecular flexibility index (Phi) is 8.17. The van der Waals surface area contributed by atoms with Crippen LogP contribution in [0.1, 0.15) is 42.5 Å². The van der Waals surface area contributed by atoms with Crippen molar-refractivity contribution in [3.63, 3.8) is 0 Å². The molecule has 1 aliphatic rings. The van der Waals surface area contributed by atoms with Crippen molar-refractivity contribution in [2.75, 3.05) is 26.2 Å². The van der Waals surface area contributed by atoms with Crippen molar-refractivity contribution in [2.24, 2.45) is 5.92 Å². The van der Waals surface area contributed by atoms with E-state index in [1.54, 1.807) is 11.0 Å². The van der Waals surface area contributed by atoms with Gasteiger partial charge in [-0.25, -0.2) is 19.2 Å². The Morgan fingerprint density at radius 1 is 1.39 bits per heavy atom. The van der Waals surface area contributed by atoms with E-state index in [1.807, 2.05) is 6.20 Å². The second-order valence-corrected chi connectivity index (χ2v) is 8.54. The molecule has 3 rings (SSSR count). The van der Waals surface area contributed by atoms with Crippen LogP contribution >= 0.6 is 11.6 Å². The highest BCUT2D eigenvalue weighted by molar-refractivity contribution is 6.30. The van der Waals surface area contributed by atoms with Gasteiger partial charge in [0.1, 0.15) is 11.6 Å². The zero-order chi connectivity index (χ0) is 22.4. The fraction of sp³-hybridized carbons (Fsp3) is 0.500. The molecule has 0 fully saturated rings. The molecule has 3 N–H and O–H groups in total. The molecule has 168 valence electrons. The fourth-order valence-corrected chi connectivity index (χ4v) is 3.72. The highest BCUT2D eigenvalue weighted by Gasteiger charge is 2.25. The Labute approximate surface area is 187 Å². The molecule has 31 heavy (non-hydrogen) atoms.